The summed E-state index contributed by atoms with van der Waals surface area (Å²) in [7, 11) is 0. The van der Waals surface area contributed by atoms with Gasteiger partial charge in [0, 0.05) is 5.92 Å². The highest BCUT2D eigenvalue weighted by molar-refractivity contribution is 5.71. The van der Waals surface area contributed by atoms with E-state index in [1.54, 1.807) is 0 Å². The third-order valence-electron chi connectivity index (χ3n) is 3.31. The van der Waals surface area contributed by atoms with Crippen LogP contribution in [0.25, 0.3) is 0 Å². The van der Waals surface area contributed by atoms with Crippen LogP contribution in [0.4, 0.5) is 0 Å². The number of fused-ring (bicyclic) bond motifs is 1. The first-order valence-corrected chi connectivity index (χ1v) is 4.97. The topological polar surface area (TPSA) is 87.0 Å². The van der Waals surface area contributed by atoms with Gasteiger partial charge in [0.2, 0.25) is 0 Å². The van der Waals surface area contributed by atoms with Crippen LogP contribution < -0.4 is 0 Å². The molecule has 1 aliphatic carbocycles. The summed E-state index contributed by atoms with van der Waals surface area (Å²) in [6.07, 6.45) is 1.42. The Kier molecular flexibility index (Phi) is 2.77. The monoisotopic (exact) mass is 214 g/mol. The minimum absolute atomic E-state index is 0.0458. The average Bonchev–Trinajstić information content (AvgIpc) is 2.62. The van der Waals surface area contributed by atoms with Crippen molar-refractivity contribution in [2.24, 2.45) is 17.8 Å². The molecule has 0 aromatic rings. The lowest BCUT2D eigenvalue weighted by molar-refractivity contribution is -0.194. The molecule has 0 aromatic heterocycles. The van der Waals surface area contributed by atoms with Crippen molar-refractivity contribution in [2.45, 2.75) is 12.7 Å². The molecule has 3 N–H and O–H groups in total. The standard InChI is InChI=1S/C10H14O5/c11-3-5-1-2-6-7(9(12)13)4-15-10(14)8(5)6/h1,6-8,10-11,14H,2-4H2,(H,12,13). The maximum atomic E-state index is 11.0. The summed E-state index contributed by atoms with van der Waals surface area (Å²) in [4.78, 5) is 11.0. The third kappa shape index (κ3) is 1.67. The second kappa shape index (κ2) is 3.92. The number of carboxylic acids is 1. The van der Waals surface area contributed by atoms with Crippen LogP contribution in [0, 0.1) is 17.8 Å². The van der Waals surface area contributed by atoms with Crippen LogP contribution in [0.1, 0.15) is 6.42 Å². The number of aliphatic hydroxyl groups excluding tert-OH is 2. The third-order valence-corrected chi connectivity index (χ3v) is 3.31. The number of ether oxygens (including phenoxy) is 1. The molecule has 0 aromatic carbocycles. The van der Waals surface area contributed by atoms with Crippen LogP contribution in [0.15, 0.2) is 11.6 Å². The van der Waals surface area contributed by atoms with E-state index in [1.165, 1.54) is 0 Å². The largest absolute Gasteiger partial charge is 0.481 e. The highest BCUT2D eigenvalue weighted by Crippen LogP contribution is 2.42. The van der Waals surface area contributed by atoms with Gasteiger partial charge >= 0.3 is 5.97 Å². The van der Waals surface area contributed by atoms with E-state index in [0.29, 0.717) is 12.0 Å². The Balaban J connectivity index is 2.19. The molecule has 0 bridgehead atoms. The van der Waals surface area contributed by atoms with Gasteiger partial charge in [-0.05, 0) is 17.9 Å². The summed E-state index contributed by atoms with van der Waals surface area (Å²) in [6, 6.07) is 0. The minimum atomic E-state index is -0.980. The molecule has 0 amide bonds. The first-order chi connectivity index (χ1) is 7.15. The highest BCUT2D eigenvalue weighted by atomic mass is 16.6. The van der Waals surface area contributed by atoms with E-state index in [-0.39, 0.29) is 25.0 Å². The number of carboxylic acid groups (broad SMARTS) is 1. The predicted molar refractivity (Wildman–Crippen MR) is 49.9 cm³/mol. The van der Waals surface area contributed by atoms with Gasteiger partial charge in [0.25, 0.3) is 0 Å². The fourth-order valence-corrected chi connectivity index (χ4v) is 2.51. The van der Waals surface area contributed by atoms with Crippen molar-refractivity contribution >= 4 is 5.97 Å². The van der Waals surface area contributed by atoms with Crippen LogP contribution >= 0.6 is 0 Å². The van der Waals surface area contributed by atoms with Gasteiger partial charge < -0.3 is 20.1 Å². The molecule has 2 rings (SSSR count). The summed E-state index contributed by atoms with van der Waals surface area (Å²) >= 11 is 0. The van der Waals surface area contributed by atoms with Crippen LogP contribution in [-0.4, -0.2) is 40.8 Å². The summed E-state index contributed by atoms with van der Waals surface area (Å²) in [5.74, 6) is -1.98. The molecule has 1 saturated heterocycles. The van der Waals surface area contributed by atoms with Gasteiger partial charge in [-0.1, -0.05) is 6.08 Å². The van der Waals surface area contributed by atoms with Gasteiger partial charge in [-0.3, -0.25) is 4.79 Å². The van der Waals surface area contributed by atoms with Crippen LogP contribution in [0.2, 0.25) is 0 Å². The molecular weight excluding hydrogens is 200 g/mol. The van der Waals surface area contributed by atoms with Gasteiger partial charge in [-0.15, -0.1) is 0 Å². The normalized spacial score (nSPS) is 39.7. The number of hydrogen-bond acceptors (Lipinski definition) is 4. The van der Waals surface area contributed by atoms with E-state index in [1.807, 2.05) is 6.08 Å². The summed E-state index contributed by atoms with van der Waals surface area (Å²) < 4.78 is 5.02. The maximum absolute atomic E-state index is 11.0. The van der Waals surface area contributed by atoms with Crippen LogP contribution in [-0.2, 0) is 9.53 Å². The Morgan fingerprint density at radius 2 is 2.33 bits per heavy atom. The molecule has 1 aliphatic heterocycles. The lowest BCUT2D eigenvalue weighted by Gasteiger charge is -2.36. The van der Waals surface area contributed by atoms with E-state index in [4.69, 9.17) is 14.9 Å². The molecule has 15 heavy (non-hydrogen) atoms. The minimum Gasteiger partial charge on any atom is -0.481 e. The van der Waals surface area contributed by atoms with E-state index in [9.17, 15) is 9.90 Å². The van der Waals surface area contributed by atoms with Crippen molar-refractivity contribution in [3.8, 4) is 0 Å². The molecule has 1 heterocycles. The van der Waals surface area contributed by atoms with Crippen molar-refractivity contribution in [3.05, 3.63) is 11.6 Å². The molecule has 5 nitrogen and oxygen atoms in total. The number of aliphatic hydroxyl groups is 2. The van der Waals surface area contributed by atoms with E-state index in [2.05, 4.69) is 0 Å². The summed E-state index contributed by atoms with van der Waals surface area (Å²) in [5.41, 5.74) is 0.693. The maximum Gasteiger partial charge on any atom is 0.309 e. The van der Waals surface area contributed by atoms with Crippen molar-refractivity contribution in [2.75, 3.05) is 13.2 Å². The SMILES string of the molecule is O=C(O)C1COC(O)C2C(CO)=CCC12. The molecule has 0 radical (unpaired) electrons. The second-order valence-electron chi connectivity index (χ2n) is 4.03. The zero-order valence-electron chi connectivity index (χ0n) is 8.17. The molecule has 2 aliphatic rings. The van der Waals surface area contributed by atoms with Crippen molar-refractivity contribution in [3.63, 3.8) is 0 Å². The molecule has 1 fully saturated rings. The zero-order valence-corrected chi connectivity index (χ0v) is 8.17. The van der Waals surface area contributed by atoms with E-state index < -0.39 is 18.2 Å². The van der Waals surface area contributed by atoms with Crippen LogP contribution in [0.5, 0.6) is 0 Å². The Morgan fingerprint density at radius 3 is 2.93 bits per heavy atom. The molecule has 4 unspecified atom stereocenters. The first kappa shape index (κ1) is 10.6. The van der Waals surface area contributed by atoms with Gasteiger partial charge in [-0.25, -0.2) is 0 Å². The van der Waals surface area contributed by atoms with Gasteiger partial charge in [-0.2, -0.15) is 0 Å². The highest BCUT2D eigenvalue weighted by Gasteiger charge is 2.46. The van der Waals surface area contributed by atoms with E-state index in [0.717, 1.165) is 0 Å². The average molecular weight is 214 g/mol. The zero-order chi connectivity index (χ0) is 11.0. The lowest BCUT2D eigenvalue weighted by atomic mass is 9.79. The van der Waals surface area contributed by atoms with Crippen molar-refractivity contribution in [1.29, 1.82) is 0 Å². The fourth-order valence-electron chi connectivity index (χ4n) is 2.51. The quantitative estimate of drug-likeness (QED) is 0.544. The van der Waals surface area contributed by atoms with E-state index >= 15 is 0 Å². The lowest BCUT2D eigenvalue weighted by Crippen LogP contribution is -2.44. The Morgan fingerprint density at radius 1 is 1.60 bits per heavy atom. The first-order valence-electron chi connectivity index (χ1n) is 4.97. The second-order valence-corrected chi connectivity index (χ2v) is 4.03. The van der Waals surface area contributed by atoms with Gasteiger partial charge in [0.05, 0.1) is 19.1 Å². The molecule has 0 saturated carbocycles. The van der Waals surface area contributed by atoms with Crippen molar-refractivity contribution in [1.82, 2.24) is 0 Å². The molecule has 0 spiro atoms. The Labute approximate surface area is 87.0 Å². The molecule has 4 atom stereocenters. The molecule has 5 heteroatoms. The predicted octanol–water partition coefficient (Wildman–Crippen LogP) is -0.409. The number of aliphatic carboxylic acids is 1. The summed E-state index contributed by atoms with van der Waals surface area (Å²) in [6.45, 7) is -0.0991. The Bertz CT molecular complexity index is 298. The number of rotatable bonds is 2. The molecule has 84 valence electrons. The van der Waals surface area contributed by atoms with Crippen molar-refractivity contribution < 1.29 is 24.9 Å². The molecular formula is C10H14O5. The smallest absolute Gasteiger partial charge is 0.309 e. The fraction of sp³-hybridized carbons (Fsp3) is 0.700. The summed E-state index contributed by atoms with van der Waals surface area (Å²) in [5, 5.41) is 27.7. The number of hydrogen-bond donors (Lipinski definition) is 3. The number of carbonyl (C=O) groups is 1. The van der Waals surface area contributed by atoms with Gasteiger partial charge in [0.1, 0.15) is 0 Å². The number of allylic oxidation sites excluding steroid dienone is 1. The van der Waals surface area contributed by atoms with Gasteiger partial charge in [0.15, 0.2) is 6.29 Å². The van der Waals surface area contributed by atoms with Crippen LogP contribution in [0.3, 0.4) is 0 Å². The Hall–Kier alpha value is -0.910.